The van der Waals surface area contributed by atoms with Crippen molar-refractivity contribution in [2.45, 2.75) is 19.9 Å². The summed E-state index contributed by atoms with van der Waals surface area (Å²) in [6.45, 7) is 3.58. The summed E-state index contributed by atoms with van der Waals surface area (Å²) in [6.07, 6.45) is 3.57. The molecule has 0 spiro atoms. The van der Waals surface area contributed by atoms with E-state index < -0.39 is 11.6 Å². The van der Waals surface area contributed by atoms with E-state index in [1.165, 1.54) is 18.3 Å². The maximum atomic E-state index is 14.0. The third-order valence-corrected chi connectivity index (χ3v) is 2.85. The minimum absolute atomic E-state index is 0.237. The monoisotopic (exact) mass is 262 g/mol. The number of benzene rings is 1. The molecule has 2 nitrogen and oxygen atoms in total. The summed E-state index contributed by atoms with van der Waals surface area (Å²) < 4.78 is 27.6. The van der Waals surface area contributed by atoms with Gasteiger partial charge in [0.1, 0.15) is 11.6 Å². The van der Waals surface area contributed by atoms with Crippen LogP contribution in [0.5, 0.6) is 0 Å². The third kappa shape index (κ3) is 3.35. The third-order valence-electron chi connectivity index (χ3n) is 2.85. The summed E-state index contributed by atoms with van der Waals surface area (Å²) in [6, 6.07) is 6.33. The van der Waals surface area contributed by atoms with E-state index in [0.29, 0.717) is 6.54 Å². The highest BCUT2D eigenvalue weighted by Crippen LogP contribution is 2.25. The Kier molecular flexibility index (Phi) is 4.58. The molecule has 2 aromatic rings. The molecule has 2 rings (SSSR count). The second-order valence-electron chi connectivity index (χ2n) is 4.35. The number of rotatable bonds is 5. The van der Waals surface area contributed by atoms with E-state index >= 15 is 0 Å². The van der Waals surface area contributed by atoms with Gasteiger partial charge in [0.2, 0.25) is 0 Å². The highest BCUT2D eigenvalue weighted by atomic mass is 19.1. The van der Waals surface area contributed by atoms with Crippen LogP contribution in [0.25, 0.3) is 11.1 Å². The van der Waals surface area contributed by atoms with Crippen molar-refractivity contribution >= 4 is 0 Å². The number of aromatic nitrogens is 1. The smallest absolute Gasteiger partial charge is 0.149 e. The Morgan fingerprint density at radius 2 is 1.89 bits per heavy atom. The first-order valence-corrected chi connectivity index (χ1v) is 6.31. The molecule has 19 heavy (non-hydrogen) atoms. The molecule has 1 aromatic carbocycles. The van der Waals surface area contributed by atoms with Crippen LogP contribution in [0, 0.1) is 11.6 Å². The van der Waals surface area contributed by atoms with E-state index in [4.69, 9.17) is 0 Å². The largest absolute Gasteiger partial charge is 0.313 e. The molecular weight excluding hydrogens is 246 g/mol. The van der Waals surface area contributed by atoms with Crippen LogP contribution in [0.1, 0.15) is 18.9 Å². The van der Waals surface area contributed by atoms with Gasteiger partial charge in [-0.15, -0.1) is 0 Å². The van der Waals surface area contributed by atoms with E-state index in [-0.39, 0.29) is 11.1 Å². The Balaban J connectivity index is 2.22. The number of hydrogen-bond acceptors (Lipinski definition) is 2. The van der Waals surface area contributed by atoms with Gasteiger partial charge in [0, 0.05) is 23.9 Å². The molecule has 1 N–H and O–H groups in total. The van der Waals surface area contributed by atoms with Gasteiger partial charge in [0.15, 0.2) is 0 Å². The number of pyridine rings is 1. The summed E-state index contributed by atoms with van der Waals surface area (Å²) in [5.74, 6) is -0.931. The molecule has 0 aliphatic rings. The zero-order valence-corrected chi connectivity index (χ0v) is 10.8. The number of nitrogens with zero attached hydrogens (tertiary/aromatic N) is 1. The molecule has 1 heterocycles. The van der Waals surface area contributed by atoms with Crippen LogP contribution in [-0.2, 0) is 6.54 Å². The van der Waals surface area contributed by atoms with Crippen LogP contribution in [-0.4, -0.2) is 11.5 Å². The van der Waals surface area contributed by atoms with Crippen molar-refractivity contribution in [2.24, 2.45) is 0 Å². The van der Waals surface area contributed by atoms with Gasteiger partial charge < -0.3 is 5.32 Å². The van der Waals surface area contributed by atoms with Crippen molar-refractivity contribution in [3.8, 4) is 11.1 Å². The molecule has 0 aliphatic heterocycles. The van der Waals surface area contributed by atoms with Crippen molar-refractivity contribution in [1.82, 2.24) is 10.3 Å². The average molecular weight is 262 g/mol. The van der Waals surface area contributed by atoms with Gasteiger partial charge in [-0.2, -0.15) is 0 Å². The number of hydrogen-bond donors (Lipinski definition) is 1. The molecule has 4 heteroatoms. The molecule has 0 unspecified atom stereocenters. The summed E-state index contributed by atoms with van der Waals surface area (Å²) in [7, 11) is 0. The normalized spacial score (nSPS) is 10.7. The van der Waals surface area contributed by atoms with Gasteiger partial charge in [-0.25, -0.2) is 8.78 Å². The molecule has 0 saturated carbocycles. The van der Waals surface area contributed by atoms with Gasteiger partial charge in [-0.1, -0.05) is 19.1 Å². The lowest BCUT2D eigenvalue weighted by molar-refractivity contribution is 0.609. The van der Waals surface area contributed by atoms with E-state index in [2.05, 4.69) is 17.2 Å². The van der Waals surface area contributed by atoms with Gasteiger partial charge in [0.05, 0.1) is 6.20 Å². The standard InChI is InChI=1S/C15H16F2N2/c1-2-6-18-9-11-3-4-12(14(16)8-11)13-5-7-19-10-15(13)17/h3-5,7-8,10,18H,2,6,9H2,1H3. The van der Waals surface area contributed by atoms with E-state index in [9.17, 15) is 8.78 Å². The van der Waals surface area contributed by atoms with Gasteiger partial charge in [0.25, 0.3) is 0 Å². The predicted octanol–water partition coefficient (Wildman–Crippen LogP) is 3.53. The molecule has 0 radical (unpaired) electrons. The molecule has 0 fully saturated rings. The molecular formula is C15H16F2N2. The van der Waals surface area contributed by atoms with Gasteiger partial charge >= 0.3 is 0 Å². The van der Waals surface area contributed by atoms with Gasteiger partial charge in [-0.3, -0.25) is 4.98 Å². The highest BCUT2D eigenvalue weighted by Gasteiger charge is 2.10. The fourth-order valence-corrected chi connectivity index (χ4v) is 1.89. The number of nitrogens with one attached hydrogen (secondary N) is 1. The highest BCUT2D eigenvalue weighted by molar-refractivity contribution is 5.64. The summed E-state index contributed by atoms with van der Waals surface area (Å²) >= 11 is 0. The molecule has 0 aliphatic carbocycles. The van der Waals surface area contributed by atoms with Crippen molar-refractivity contribution < 1.29 is 8.78 Å². The quantitative estimate of drug-likeness (QED) is 0.834. The summed E-state index contributed by atoms with van der Waals surface area (Å²) in [5, 5.41) is 3.20. The molecule has 0 bridgehead atoms. The Labute approximate surface area is 111 Å². The topological polar surface area (TPSA) is 24.9 Å². The fraction of sp³-hybridized carbons (Fsp3) is 0.267. The van der Waals surface area contributed by atoms with Gasteiger partial charge in [-0.05, 0) is 30.7 Å². The second-order valence-corrected chi connectivity index (χ2v) is 4.35. The van der Waals surface area contributed by atoms with E-state index in [1.807, 2.05) is 0 Å². The van der Waals surface area contributed by atoms with Crippen LogP contribution in [0.3, 0.4) is 0 Å². The van der Waals surface area contributed by atoms with Crippen molar-refractivity contribution in [2.75, 3.05) is 6.54 Å². The second kappa shape index (κ2) is 6.38. The van der Waals surface area contributed by atoms with Crippen LogP contribution in [0.15, 0.2) is 36.7 Å². The Hall–Kier alpha value is -1.81. The minimum Gasteiger partial charge on any atom is -0.313 e. The fourth-order valence-electron chi connectivity index (χ4n) is 1.89. The summed E-state index contributed by atoms with van der Waals surface area (Å²) in [5.41, 5.74) is 1.35. The minimum atomic E-state index is -0.516. The van der Waals surface area contributed by atoms with Crippen LogP contribution in [0.4, 0.5) is 8.78 Å². The zero-order chi connectivity index (χ0) is 13.7. The van der Waals surface area contributed by atoms with Crippen LogP contribution in [0.2, 0.25) is 0 Å². The molecule has 0 amide bonds. The Morgan fingerprint density at radius 3 is 2.58 bits per heavy atom. The van der Waals surface area contributed by atoms with Crippen LogP contribution >= 0.6 is 0 Å². The summed E-state index contributed by atoms with van der Waals surface area (Å²) in [4.78, 5) is 3.66. The van der Waals surface area contributed by atoms with Crippen molar-refractivity contribution in [1.29, 1.82) is 0 Å². The lowest BCUT2D eigenvalue weighted by Crippen LogP contribution is -2.13. The number of halogens is 2. The molecule has 100 valence electrons. The van der Waals surface area contributed by atoms with E-state index in [0.717, 1.165) is 24.7 Å². The average Bonchev–Trinajstić information content (AvgIpc) is 2.40. The molecule has 0 atom stereocenters. The molecule has 1 aromatic heterocycles. The predicted molar refractivity (Wildman–Crippen MR) is 71.6 cm³/mol. The molecule has 0 saturated heterocycles. The SMILES string of the molecule is CCCNCc1ccc(-c2ccncc2F)c(F)c1. The van der Waals surface area contributed by atoms with Crippen molar-refractivity contribution in [3.05, 3.63) is 53.9 Å². The Bertz CT molecular complexity index is 556. The zero-order valence-electron chi connectivity index (χ0n) is 10.8. The maximum Gasteiger partial charge on any atom is 0.149 e. The van der Waals surface area contributed by atoms with Crippen molar-refractivity contribution in [3.63, 3.8) is 0 Å². The van der Waals surface area contributed by atoms with E-state index in [1.54, 1.807) is 12.1 Å². The maximum absolute atomic E-state index is 14.0. The first kappa shape index (κ1) is 13.6. The Morgan fingerprint density at radius 1 is 1.11 bits per heavy atom. The first-order chi connectivity index (χ1) is 9.22. The lowest BCUT2D eigenvalue weighted by atomic mass is 10.0. The van der Waals surface area contributed by atoms with Crippen LogP contribution < -0.4 is 5.32 Å². The lowest BCUT2D eigenvalue weighted by Gasteiger charge is -2.08. The first-order valence-electron chi connectivity index (χ1n) is 6.31.